The molecular weight excluding hydrogens is 348 g/mol. The fraction of sp³-hybridized carbons (Fsp3) is 0.600. The van der Waals surface area contributed by atoms with E-state index in [9.17, 15) is 0 Å². The van der Waals surface area contributed by atoms with E-state index in [2.05, 4.69) is 0 Å². The van der Waals surface area contributed by atoms with Crippen molar-refractivity contribution in [2.24, 2.45) is 0 Å². The molecule has 0 aliphatic carbocycles. The Morgan fingerprint density at radius 3 is 1.71 bits per heavy atom. The zero-order chi connectivity index (χ0) is 18.2. The summed E-state index contributed by atoms with van der Waals surface area (Å²) in [7, 11) is 5.67. The van der Waals surface area contributed by atoms with Gasteiger partial charge in [0.2, 0.25) is 0 Å². The van der Waals surface area contributed by atoms with Gasteiger partial charge in [-0.25, -0.2) is 0 Å². The SMILES string of the molecule is COc1cc([Si](OC)(OC)OC)ccc1CC[Si](OC)(OC)OC. The molecule has 1 rings (SSSR count). The van der Waals surface area contributed by atoms with Crippen molar-refractivity contribution in [1.82, 2.24) is 0 Å². The van der Waals surface area contributed by atoms with Crippen LogP contribution in [0.25, 0.3) is 0 Å². The third kappa shape index (κ3) is 4.43. The molecule has 0 bridgehead atoms. The summed E-state index contributed by atoms with van der Waals surface area (Å²) in [4.78, 5) is 0. The molecule has 0 spiro atoms. The maximum Gasteiger partial charge on any atom is 0.536 e. The molecular formula is C15H28O7Si2. The topological polar surface area (TPSA) is 64.6 Å². The first kappa shape index (κ1) is 21.3. The molecule has 0 saturated heterocycles. The Balaban J connectivity index is 3.07. The third-order valence-corrected chi connectivity index (χ3v) is 9.44. The summed E-state index contributed by atoms with van der Waals surface area (Å²) in [5.41, 5.74) is 1.02. The molecule has 9 heteroatoms. The minimum absolute atomic E-state index is 0.646. The molecule has 24 heavy (non-hydrogen) atoms. The van der Waals surface area contributed by atoms with Gasteiger partial charge in [0.05, 0.1) is 7.11 Å². The molecule has 0 aliphatic heterocycles. The van der Waals surface area contributed by atoms with E-state index in [0.717, 1.165) is 16.5 Å². The van der Waals surface area contributed by atoms with E-state index in [1.807, 2.05) is 18.2 Å². The van der Waals surface area contributed by atoms with Gasteiger partial charge in [-0.2, -0.15) is 0 Å². The monoisotopic (exact) mass is 376 g/mol. The van der Waals surface area contributed by atoms with Gasteiger partial charge in [0, 0.05) is 53.9 Å². The van der Waals surface area contributed by atoms with E-state index < -0.39 is 17.6 Å². The second-order valence-corrected chi connectivity index (χ2v) is 11.0. The number of aryl methyl sites for hydroxylation is 1. The number of hydrogen-bond donors (Lipinski definition) is 0. The highest BCUT2D eigenvalue weighted by Crippen LogP contribution is 2.24. The zero-order valence-electron chi connectivity index (χ0n) is 15.5. The lowest BCUT2D eigenvalue weighted by atomic mass is 10.1. The van der Waals surface area contributed by atoms with Crippen LogP contribution in [0.2, 0.25) is 6.04 Å². The summed E-state index contributed by atoms with van der Waals surface area (Å²) in [5, 5.41) is 0.837. The Kier molecular flexibility index (Phi) is 8.53. The summed E-state index contributed by atoms with van der Waals surface area (Å²) >= 11 is 0. The Morgan fingerprint density at radius 1 is 0.750 bits per heavy atom. The lowest BCUT2D eigenvalue weighted by molar-refractivity contribution is 0.123. The highest BCUT2D eigenvalue weighted by atomic mass is 28.4. The van der Waals surface area contributed by atoms with Crippen LogP contribution in [0, 0.1) is 0 Å². The maximum atomic E-state index is 5.53. The molecule has 0 amide bonds. The number of ether oxygens (including phenoxy) is 1. The van der Waals surface area contributed by atoms with Gasteiger partial charge in [-0.05, 0) is 18.1 Å². The predicted octanol–water partition coefficient (Wildman–Crippen LogP) is 1.20. The largest absolute Gasteiger partial charge is 0.536 e. The first-order chi connectivity index (χ1) is 11.5. The van der Waals surface area contributed by atoms with Gasteiger partial charge in [0.1, 0.15) is 5.75 Å². The molecule has 0 fully saturated rings. The Hall–Kier alpha value is -0.786. The van der Waals surface area contributed by atoms with Gasteiger partial charge < -0.3 is 31.3 Å². The minimum Gasteiger partial charge on any atom is -0.496 e. The summed E-state index contributed by atoms with van der Waals surface area (Å²) in [6, 6.07) is 6.46. The smallest absolute Gasteiger partial charge is 0.496 e. The Bertz CT molecular complexity index is 488. The van der Waals surface area contributed by atoms with Gasteiger partial charge in [0.15, 0.2) is 0 Å². The van der Waals surface area contributed by atoms with E-state index in [1.54, 1.807) is 49.8 Å². The van der Waals surface area contributed by atoms with Gasteiger partial charge >= 0.3 is 17.6 Å². The average molecular weight is 377 g/mol. The van der Waals surface area contributed by atoms with Crippen LogP contribution in [0.3, 0.4) is 0 Å². The first-order valence-corrected chi connectivity index (χ1v) is 11.1. The molecule has 1 aromatic carbocycles. The van der Waals surface area contributed by atoms with E-state index in [0.29, 0.717) is 12.5 Å². The average Bonchev–Trinajstić information content (AvgIpc) is 2.65. The summed E-state index contributed by atoms with van der Waals surface area (Å²) < 4.78 is 38.5. The number of methoxy groups -OCH3 is 1. The summed E-state index contributed by atoms with van der Waals surface area (Å²) in [6.07, 6.45) is 0.701. The van der Waals surface area contributed by atoms with Crippen molar-refractivity contribution in [1.29, 1.82) is 0 Å². The highest BCUT2D eigenvalue weighted by molar-refractivity contribution is 6.75. The Labute approximate surface area is 146 Å². The predicted molar refractivity (Wildman–Crippen MR) is 94.7 cm³/mol. The highest BCUT2D eigenvalue weighted by Gasteiger charge is 2.41. The lowest BCUT2D eigenvalue weighted by Crippen LogP contribution is -2.54. The van der Waals surface area contributed by atoms with Crippen molar-refractivity contribution in [3.8, 4) is 5.75 Å². The van der Waals surface area contributed by atoms with Gasteiger partial charge in [0.25, 0.3) is 0 Å². The summed E-state index contributed by atoms with van der Waals surface area (Å²) in [5.74, 6) is 0.738. The van der Waals surface area contributed by atoms with Crippen LogP contribution in [0.5, 0.6) is 5.75 Å². The second-order valence-electron chi connectivity index (χ2n) is 4.99. The number of hydrogen-bond acceptors (Lipinski definition) is 7. The maximum absolute atomic E-state index is 5.53. The molecule has 0 radical (unpaired) electrons. The van der Waals surface area contributed by atoms with E-state index >= 15 is 0 Å². The van der Waals surface area contributed by atoms with E-state index in [1.165, 1.54) is 0 Å². The number of rotatable bonds is 11. The molecule has 0 aromatic heterocycles. The van der Waals surface area contributed by atoms with Crippen molar-refractivity contribution in [3.63, 3.8) is 0 Å². The number of benzene rings is 1. The molecule has 0 aliphatic rings. The molecule has 138 valence electrons. The van der Waals surface area contributed by atoms with Crippen molar-refractivity contribution in [2.75, 3.05) is 49.8 Å². The van der Waals surface area contributed by atoms with Gasteiger partial charge in [-0.3, -0.25) is 0 Å². The molecule has 0 N–H and O–H groups in total. The van der Waals surface area contributed by atoms with E-state index in [4.69, 9.17) is 31.3 Å². The standard InChI is InChI=1S/C15H28O7Si2/c1-16-15-12-14(24(20-5,21-6)22-7)9-8-13(15)10-11-23(17-2,18-3)19-4/h8-9,12H,10-11H2,1-7H3. The first-order valence-electron chi connectivity index (χ1n) is 7.48. The van der Waals surface area contributed by atoms with Gasteiger partial charge in [-0.15, -0.1) is 0 Å². The second kappa shape index (κ2) is 9.63. The van der Waals surface area contributed by atoms with Crippen LogP contribution in [0.15, 0.2) is 18.2 Å². The van der Waals surface area contributed by atoms with Gasteiger partial charge in [-0.1, -0.05) is 12.1 Å². The molecule has 0 atom stereocenters. The van der Waals surface area contributed by atoms with Crippen molar-refractivity contribution in [2.45, 2.75) is 12.5 Å². The minimum atomic E-state index is -2.89. The molecule has 7 nitrogen and oxygen atoms in total. The van der Waals surface area contributed by atoms with Crippen LogP contribution in [0.1, 0.15) is 5.56 Å². The van der Waals surface area contributed by atoms with Crippen LogP contribution in [-0.2, 0) is 33.0 Å². The fourth-order valence-electron chi connectivity index (χ4n) is 2.59. The molecule has 0 unspecified atom stereocenters. The quantitative estimate of drug-likeness (QED) is 0.538. The molecule has 0 saturated carbocycles. The van der Waals surface area contributed by atoms with Crippen LogP contribution < -0.4 is 9.92 Å². The third-order valence-electron chi connectivity index (χ3n) is 4.08. The van der Waals surface area contributed by atoms with Crippen LogP contribution >= 0.6 is 0 Å². The zero-order valence-corrected chi connectivity index (χ0v) is 17.5. The van der Waals surface area contributed by atoms with Crippen LogP contribution in [0.4, 0.5) is 0 Å². The normalized spacial score (nSPS) is 12.5. The van der Waals surface area contributed by atoms with Crippen LogP contribution in [-0.4, -0.2) is 67.4 Å². The van der Waals surface area contributed by atoms with E-state index in [-0.39, 0.29) is 0 Å². The van der Waals surface area contributed by atoms with Crippen molar-refractivity contribution in [3.05, 3.63) is 23.8 Å². The molecule has 1 aromatic rings. The molecule has 0 heterocycles. The summed E-state index contributed by atoms with van der Waals surface area (Å²) in [6.45, 7) is 0. The lowest BCUT2D eigenvalue weighted by Gasteiger charge is -2.26. The van der Waals surface area contributed by atoms with Crippen molar-refractivity contribution < 1.29 is 31.3 Å². The Morgan fingerprint density at radius 2 is 1.29 bits per heavy atom. The van der Waals surface area contributed by atoms with Crippen molar-refractivity contribution >= 4 is 22.8 Å². The fourth-order valence-corrected chi connectivity index (χ4v) is 6.08.